The van der Waals surface area contributed by atoms with Crippen LogP contribution in [0.15, 0.2) is 36.4 Å². The van der Waals surface area contributed by atoms with Crippen LogP contribution in [0, 0.1) is 27.7 Å². The molecule has 88 valence electrons. The lowest BCUT2D eigenvalue weighted by atomic mass is 9.97. The molecule has 0 aromatic heterocycles. The van der Waals surface area contributed by atoms with Crippen molar-refractivity contribution in [3.8, 4) is 0 Å². The molecule has 0 saturated carbocycles. The quantitative estimate of drug-likeness (QED) is 0.704. The molecule has 0 spiro atoms. The lowest BCUT2D eigenvalue weighted by Crippen LogP contribution is -1.94. The molecular weight excluding hydrogens is 204 g/mol. The molecule has 0 aliphatic heterocycles. The summed E-state index contributed by atoms with van der Waals surface area (Å²) in [4.78, 5) is 0. The normalized spacial score (nSPS) is 10.6. The molecule has 0 N–H and O–H groups in total. The highest BCUT2D eigenvalue weighted by molar-refractivity contribution is 5.37. The number of rotatable bonds is 2. The summed E-state index contributed by atoms with van der Waals surface area (Å²) in [5.74, 6) is 0. The first-order chi connectivity index (χ1) is 8.06. The number of benzene rings is 2. The first kappa shape index (κ1) is 11.9. The van der Waals surface area contributed by atoms with Gasteiger partial charge in [-0.15, -0.1) is 0 Å². The molecule has 2 aromatic carbocycles. The second-order valence-corrected chi connectivity index (χ2v) is 5.03. The van der Waals surface area contributed by atoms with Crippen LogP contribution < -0.4 is 0 Å². The van der Waals surface area contributed by atoms with Crippen LogP contribution in [0.25, 0.3) is 0 Å². The van der Waals surface area contributed by atoms with E-state index < -0.39 is 0 Å². The maximum atomic E-state index is 2.30. The Kier molecular flexibility index (Phi) is 3.33. The van der Waals surface area contributed by atoms with E-state index in [4.69, 9.17) is 0 Å². The van der Waals surface area contributed by atoms with Gasteiger partial charge in [-0.3, -0.25) is 0 Å². The van der Waals surface area contributed by atoms with Crippen LogP contribution in [-0.2, 0) is 6.42 Å². The average Bonchev–Trinajstić information content (AvgIpc) is 2.27. The van der Waals surface area contributed by atoms with Crippen molar-refractivity contribution in [2.75, 3.05) is 0 Å². The van der Waals surface area contributed by atoms with Gasteiger partial charge in [0, 0.05) is 0 Å². The molecule has 0 nitrogen and oxygen atoms in total. The van der Waals surface area contributed by atoms with E-state index in [1.54, 1.807) is 0 Å². The fourth-order valence-corrected chi connectivity index (χ4v) is 2.18. The zero-order valence-corrected chi connectivity index (χ0v) is 11.2. The fraction of sp³-hybridized carbons (Fsp3) is 0.294. The van der Waals surface area contributed by atoms with Crippen molar-refractivity contribution in [2.45, 2.75) is 34.1 Å². The summed E-state index contributed by atoms with van der Waals surface area (Å²) in [6.45, 7) is 8.69. The maximum absolute atomic E-state index is 2.30. The highest BCUT2D eigenvalue weighted by atomic mass is 14.1. The van der Waals surface area contributed by atoms with Gasteiger partial charge < -0.3 is 0 Å². The van der Waals surface area contributed by atoms with Gasteiger partial charge in [0.25, 0.3) is 0 Å². The Morgan fingerprint density at radius 1 is 0.706 bits per heavy atom. The van der Waals surface area contributed by atoms with Crippen molar-refractivity contribution in [1.29, 1.82) is 0 Å². The molecule has 2 aromatic rings. The molecule has 0 heterocycles. The van der Waals surface area contributed by atoms with Crippen molar-refractivity contribution >= 4 is 0 Å². The molecule has 0 amide bonds. The standard InChI is InChI=1S/C17H20/c1-12-5-8-17(15(4)9-12)11-16-7-6-13(2)14(3)10-16/h5-10H,11H2,1-4H3. The van der Waals surface area contributed by atoms with Gasteiger partial charge in [-0.2, -0.15) is 0 Å². The number of aryl methyl sites for hydroxylation is 4. The van der Waals surface area contributed by atoms with E-state index in [9.17, 15) is 0 Å². The first-order valence-electron chi connectivity index (χ1n) is 6.18. The Hall–Kier alpha value is -1.56. The van der Waals surface area contributed by atoms with E-state index >= 15 is 0 Å². The Morgan fingerprint density at radius 2 is 1.47 bits per heavy atom. The van der Waals surface area contributed by atoms with Crippen LogP contribution in [0.4, 0.5) is 0 Å². The summed E-state index contributed by atoms with van der Waals surface area (Å²) in [6.07, 6.45) is 1.03. The van der Waals surface area contributed by atoms with Crippen LogP contribution in [0.2, 0.25) is 0 Å². The van der Waals surface area contributed by atoms with Crippen LogP contribution in [0.1, 0.15) is 33.4 Å². The van der Waals surface area contributed by atoms with Gasteiger partial charge in [0.1, 0.15) is 0 Å². The van der Waals surface area contributed by atoms with Crippen LogP contribution in [0.3, 0.4) is 0 Å². The first-order valence-corrected chi connectivity index (χ1v) is 6.18. The molecule has 0 fully saturated rings. The zero-order chi connectivity index (χ0) is 12.4. The lowest BCUT2D eigenvalue weighted by Gasteiger charge is -2.09. The van der Waals surface area contributed by atoms with E-state index in [2.05, 4.69) is 64.1 Å². The molecule has 17 heavy (non-hydrogen) atoms. The van der Waals surface area contributed by atoms with Gasteiger partial charge in [-0.25, -0.2) is 0 Å². The monoisotopic (exact) mass is 224 g/mol. The third-order valence-corrected chi connectivity index (χ3v) is 3.46. The van der Waals surface area contributed by atoms with E-state index in [0.717, 1.165) is 6.42 Å². The molecule has 2 rings (SSSR count). The second-order valence-electron chi connectivity index (χ2n) is 5.03. The van der Waals surface area contributed by atoms with Crippen molar-refractivity contribution in [2.24, 2.45) is 0 Å². The van der Waals surface area contributed by atoms with Crippen molar-refractivity contribution < 1.29 is 0 Å². The Bertz CT molecular complexity index is 536. The molecule has 0 saturated heterocycles. The third kappa shape index (κ3) is 2.76. The summed E-state index contributed by atoms with van der Waals surface area (Å²) in [5.41, 5.74) is 8.31. The molecule has 0 aliphatic rings. The number of hydrogen-bond donors (Lipinski definition) is 0. The largest absolute Gasteiger partial charge is 0.0590 e. The highest BCUT2D eigenvalue weighted by Crippen LogP contribution is 2.17. The molecule has 0 unspecified atom stereocenters. The summed E-state index contributed by atoms with van der Waals surface area (Å²) in [7, 11) is 0. The van der Waals surface area contributed by atoms with E-state index in [-0.39, 0.29) is 0 Å². The summed E-state index contributed by atoms with van der Waals surface area (Å²) in [6, 6.07) is 13.5. The van der Waals surface area contributed by atoms with Crippen LogP contribution in [0.5, 0.6) is 0 Å². The molecule has 0 bridgehead atoms. The van der Waals surface area contributed by atoms with Crippen molar-refractivity contribution in [3.05, 3.63) is 69.8 Å². The van der Waals surface area contributed by atoms with Crippen molar-refractivity contribution in [1.82, 2.24) is 0 Å². The molecule has 0 heteroatoms. The minimum atomic E-state index is 1.03. The Labute approximate surface area is 104 Å². The number of hydrogen-bond acceptors (Lipinski definition) is 0. The molecular formula is C17H20. The summed E-state index contributed by atoms with van der Waals surface area (Å²) in [5, 5.41) is 0. The minimum Gasteiger partial charge on any atom is -0.0590 e. The Morgan fingerprint density at radius 3 is 2.12 bits per heavy atom. The van der Waals surface area contributed by atoms with Gasteiger partial charge in [-0.05, 0) is 61.9 Å². The molecule has 0 aliphatic carbocycles. The second kappa shape index (κ2) is 4.75. The van der Waals surface area contributed by atoms with Gasteiger partial charge in [0.05, 0.1) is 0 Å². The average molecular weight is 224 g/mol. The van der Waals surface area contributed by atoms with Gasteiger partial charge in [-0.1, -0.05) is 42.0 Å². The van der Waals surface area contributed by atoms with Gasteiger partial charge in [0.15, 0.2) is 0 Å². The van der Waals surface area contributed by atoms with Crippen LogP contribution in [-0.4, -0.2) is 0 Å². The van der Waals surface area contributed by atoms with E-state index in [1.165, 1.54) is 33.4 Å². The Balaban J connectivity index is 2.28. The molecule has 0 radical (unpaired) electrons. The SMILES string of the molecule is Cc1ccc(Cc2ccc(C)c(C)c2)c(C)c1. The predicted octanol–water partition coefficient (Wildman–Crippen LogP) is 4.51. The fourth-order valence-electron chi connectivity index (χ4n) is 2.18. The van der Waals surface area contributed by atoms with Gasteiger partial charge >= 0.3 is 0 Å². The summed E-state index contributed by atoms with van der Waals surface area (Å²) < 4.78 is 0. The third-order valence-electron chi connectivity index (χ3n) is 3.46. The predicted molar refractivity (Wildman–Crippen MR) is 74.6 cm³/mol. The van der Waals surface area contributed by atoms with Crippen LogP contribution >= 0.6 is 0 Å². The lowest BCUT2D eigenvalue weighted by molar-refractivity contribution is 1.13. The van der Waals surface area contributed by atoms with E-state index in [1.807, 2.05) is 0 Å². The highest BCUT2D eigenvalue weighted by Gasteiger charge is 2.02. The smallest absolute Gasteiger partial charge is 0.00230 e. The zero-order valence-electron chi connectivity index (χ0n) is 11.2. The van der Waals surface area contributed by atoms with E-state index in [0.29, 0.717) is 0 Å². The van der Waals surface area contributed by atoms with Gasteiger partial charge in [0.2, 0.25) is 0 Å². The molecule has 0 atom stereocenters. The maximum Gasteiger partial charge on any atom is -0.00230 e. The van der Waals surface area contributed by atoms with Crippen molar-refractivity contribution in [3.63, 3.8) is 0 Å². The minimum absolute atomic E-state index is 1.03. The summed E-state index contributed by atoms with van der Waals surface area (Å²) >= 11 is 0. The topological polar surface area (TPSA) is 0 Å².